The van der Waals surface area contributed by atoms with Crippen LogP contribution in [0.5, 0.6) is 0 Å². The van der Waals surface area contributed by atoms with Gasteiger partial charge in [-0.25, -0.2) is 0 Å². The van der Waals surface area contributed by atoms with Crippen LogP contribution in [0.4, 0.5) is 0 Å². The van der Waals surface area contributed by atoms with Gasteiger partial charge in [0.2, 0.25) is 0 Å². The number of hydrogen-bond acceptors (Lipinski definition) is 5. The second-order valence-electron chi connectivity index (χ2n) is 4.50. The maximum Gasteiger partial charge on any atom is 0.0803 e. The van der Waals surface area contributed by atoms with Crippen LogP contribution in [-0.4, -0.2) is 21.1 Å². The van der Waals surface area contributed by atoms with Gasteiger partial charge in [0.15, 0.2) is 0 Å². The van der Waals surface area contributed by atoms with E-state index in [9.17, 15) is 0 Å². The first kappa shape index (κ1) is 14.1. The van der Waals surface area contributed by atoms with Crippen molar-refractivity contribution in [2.75, 3.05) is 6.54 Å². The summed E-state index contributed by atoms with van der Waals surface area (Å²) >= 11 is 1.52. The molecule has 0 aromatic carbocycles. The summed E-state index contributed by atoms with van der Waals surface area (Å²) in [7, 11) is 0. The van der Waals surface area contributed by atoms with Crippen LogP contribution in [0.1, 0.15) is 42.4 Å². The molecule has 1 unspecified atom stereocenters. The van der Waals surface area contributed by atoms with Crippen molar-refractivity contribution in [1.82, 2.24) is 19.9 Å². The van der Waals surface area contributed by atoms with Crippen molar-refractivity contribution in [3.05, 3.63) is 40.7 Å². The Kier molecular flexibility index (Phi) is 5.42. The van der Waals surface area contributed by atoms with Crippen LogP contribution >= 0.6 is 11.5 Å². The van der Waals surface area contributed by atoms with Gasteiger partial charge in [0.05, 0.1) is 10.6 Å². The lowest BCUT2D eigenvalue weighted by Gasteiger charge is -2.17. The van der Waals surface area contributed by atoms with E-state index in [0.717, 1.165) is 31.5 Å². The average molecular weight is 276 g/mol. The van der Waals surface area contributed by atoms with Gasteiger partial charge in [0.25, 0.3) is 0 Å². The SMILES string of the molecule is CCCc1nnsc1C(Cc1ccncc1)NCC. The summed E-state index contributed by atoms with van der Waals surface area (Å²) in [6.45, 7) is 5.25. The van der Waals surface area contributed by atoms with Crippen LogP contribution in [0.2, 0.25) is 0 Å². The first-order valence-electron chi connectivity index (χ1n) is 6.78. The zero-order valence-corrected chi connectivity index (χ0v) is 12.3. The van der Waals surface area contributed by atoms with E-state index in [2.05, 4.69) is 45.9 Å². The molecule has 102 valence electrons. The number of nitrogens with one attached hydrogen (secondary N) is 1. The fourth-order valence-corrected chi connectivity index (χ4v) is 2.92. The average Bonchev–Trinajstić information content (AvgIpc) is 2.88. The van der Waals surface area contributed by atoms with Crippen molar-refractivity contribution in [2.45, 2.75) is 39.2 Å². The molecule has 2 rings (SSSR count). The van der Waals surface area contributed by atoms with E-state index in [-0.39, 0.29) is 0 Å². The van der Waals surface area contributed by atoms with Gasteiger partial charge in [0, 0.05) is 18.4 Å². The van der Waals surface area contributed by atoms with E-state index < -0.39 is 0 Å². The first-order valence-corrected chi connectivity index (χ1v) is 7.55. The fraction of sp³-hybridized carbons (Fsp3) is 0.500. The lowest BCUT2D eigenvalue weighted by atomic mass is 10.0. The van der Waals surface area contributed by atoms with Crippen LogP contribution in [0, 0.1) is 0 Å². The molecule has 0 amide bonds. The Labute approximate surface area is 118 Å². The number of aromatic nitrogens is 3. The second kappa shape index (κ2) is 7.31. The Morgan fingerprint density at radius 2 is 2.05 bits per heavy atom. The molecular formula is C14H20N4S. The monoisotopic (exact) mass is 276 g/mol. The number of nitrogens with zero attached hydrogens (tertiary/aromatic N) is 3. The van der Waals surface area contributed by atoms with E-state index >= 15 is 0 Å². The number of likely N-dealkylation sites (N-methyl/N-ethyl adjacent to an activating group) is 1. The molecule has 5 heteroatoms. The normalized spacial score (nSPS) is 12.5. The third-order valence-corrected chi connectivity index (χ3v) is 3.91. The van der Waals surface area contributed by atoms with Crippen molar-refractivity contribution < 1.29 is 0 Å². The molecule has 0 spiro atoms. The molecule has 1 N–H and O–H groups in total. The molecular weight excluding hydrogens is 256 g/mol. The Morgan fingerprint density at radius 1 is 1.26 bits per heavy atom. The Morgan fingerprint density at radius 3 is 2.74 bits per heavy atom. The second-order valence-corrected chi connectivity index (χ2v) is 5.29. The summed E-state index contributed by atoms with van der Waals surface area (Å²) in [4.78, 5) is 5.34. The van der Waals surface area contributed by atoms with Crippen molar-refractivity contribution in [2.24, 2.45) is 0 Å². The fourth-order valence-electron chi connectivity index (χ4n) is 2.15. The molecule has 4 nitrogen and oxygen atoms in total. The summed E-state index contributed by atoms with van der Waals surface area (Å²) in [6.07, 6.45) is 6.75. The van der Waals surface area contributed by atoms with Gasteiger partial charge in [-0.2, -0.15) is 0 Å². The number of rotatable bonds is 7. The quantitative estimate of drug-likeness (QED) is 0.845. The molecule has 0 aliphatic rings. The maximum absolute atomic E-state index is 4.27. The third kappa shape index (κ3) is 3.81. The molecule has 2 aromatic rings. The number of hydrogen-bond donors (Lipinski definition) is 1. The van der Waals surface area contributed by atoms with E-state index in [1.807, 2.05) is 12.4 Å². The predicted molar refractivity (Wildman–Crippen MR) is 78.3 cm³/mol. The van der Waals surface area contributed by atoms with Gasteiger partial charge in [-0.3, -0.25) is 4.98 Å². The lowest BCUT2D eigenvalue weighted by molar-refractivity contribution is 0.551. The van der Waals surface area contributed by atoms with E-state index in [0.29, 0.717) is 6.04 Å². The lowest BCUT2D eigenvalue weighted by Crippen LogP contribution is -2.23. The molecule has 0 aliphatic carbocycles. The summed E-state index contributed by atoms with van der Waals surface area (Å²) in [6, 6.07) is 4.44. The highest BCUT2D eigenvalue weighted by Gasteiger charge is 2.18. The molecule has 0 fully saturated rings. The molecule has 0 aliphatic heterocycles. The standard InChI is InChI=1S/C14H20N4S/c1-3-5-12-14(19-18-17-12)13(16-4-2)10-11-6-8-15-9-7-11/h6-9,13,16H,3-5,10H2,1-2H3. The molecule has 0 saturated carbocycles. The van der Waals surface area contributed by atoms with Crippen molar-refractivity contribution in [1.29, 1.82) is 0 Å². The molecule has 1 atom stereocenters. The molecule has 2 aromatic heterocycles. The zero-order valence-electron chi connectivity index (χ0n) is 11.5. The first-order chi connectivity index (χ1) is 9.35. The van der Waals surface area contributed by atoms with Crippen LogP contribution in [0.3, 0.4) is 0 Å². The molecule has 0 radical (unpaired) electrons. The summed E-state index contributed by atoms with van der Waals surface area (Å²) in [5.74, 6) is 0. The van der Waals surface area contributed by atoms with Crippen LogP contribution < -0.4 is 5.32 Å². The van der Waals surface area contributed by atoms with Gasteiger partial charge in [-0.15, -0.1) is 5.10 Å². The highest BCUT2D eigenvalue weighted by atomic mass is 32.1. The van der Waals surface area contributed by atoms with Crippen molar-refractivity contribution >= 4 is 11.5 Å². The Bertz CT molecular complexity index is 483. The number of pyridine rings is 1. The minimum Gasteiger partial charge on any atom is -0.309 e. The van der Waals surface area contributed by atoms with Crippen LogP contribution in [0.15, 0.2) is 24.5 Å². The smallest absolute Gasteiger partial charge is 0.0803 e. The molecule has 2 heterocycles. The van der Waals surface area contributed by atoms with Gasteiger partial charge >= 0.3 is 0 Å². The summed E-state index contributed by atoms with van der Waals surface area (Å²) < 4.78 is 4.12. The molecule has 0 saturated heterocycles. The molecule has 0 bridgehead atoms. The predicted octanol–water partition coefficient (Wildman–Crippen LogP) is 2.78. The van der Waals surface area contributed by atoms with Gasteiger partial charge in [-0.1, -0.05) is 24.8 Å². The van der Waals surface area contributed by atoms with E-state index in [1.54, 1.807) is 0 Å². The largest absolute Gasteiger partial charge is 0.309 e. The van der Waals surface area contributed by atoms with Gasteiger partial charge < -0.3 is 5.32 Å². The topological polar surface area (TPSA) is 50.7 Å². The number of aryl methyl sites for hydroxylation is 1. The summed E-state index contributed by atoms with van der Waals surface area (Å²) in [5.41, 5.74) is 2.43. The Hall–Kier alpha value is -1.33. The van der Waals surface area contributed by atoms with Gasteiger partial charge in [-0.05, 0) is 48.6 Å². The van der Waals surface area contributed by atoms with Crippen LogP contribution in [0.25, 0.3) is 0 Å². The minimum absolute atomic E-state index is 0.300. The summed E-state index contributed by atoms with van der Waals surface area (Å²) in [5, 5.41) is 7.81. The maximum atomic E-state index is 4.27. The van der Waals surface area contributed by atoms with Gasteiger partial charge in [0.1, 0.15) is 0 Å². The van der Waals surface area contributed by atoms with Crippen LogP contribution in [-0.2, 0) is 12.8 Å². The van der Waals surface area contributed by atoms with Crippen molar-refractivity contribution in [3.63, 3.8) is 0 Å². The molecule has 19 heavy (non-hydrogen) atoms. The zero-order chi connectivity index (χ0) is 13.5. The van der Waals surface area contributed by atoms with E-state index in [4.69, 9.17) is 0 Å². The highest BCUT2D eigenvalue weighted by molar-refractivity contribution is 7.05. The highest BCUT2D eigenvalue weighted by Crippen LogP contribution is 2.24. The minimum atomic E-state index is 0.300. The van der Waals surface area contributed by atoms with E-state index in [1.165, 1.54) is 22.0 Å². The third-order valence-electron chi connectivity index (χ3n) is 3.03. The van der Waals surface area contributed by atoms with Crippen molar-refractivity contribution in [3.8, 4) is 0 Å². The Balaban J connectivity index is 2.17.